The van der Waals surface area contributed by atoms with Crippen LogP contribution in [0, 0.1) is 0 Å². The summed E-state index contributed by atoms with van der Waals surface area (Å²) in [4.78, 5) is 11.6. The van der Waals surface area contributed by atoms with E-state index >= 15 is 0 Å². The molecule has 4 nitrogen and oxygen atoms in total. The van der Waals surface area contributed by atoms with E-state index < -0.39 is 0 Å². The summed E-state index contributed by atoms with van der Waals surface area (Å²) in [6, 6.07) is 2.00. The van der Waals surface area contributed by atoms with Crippen LogP contribution >= 0.6 is 0 Å². The average molecular weight is 234 g/mol. The summed E-state index contributed by atoms with van der Waals surface area (Å²) in [5.41, 5.74) is 1.05. The van der Waals surface area contributed by atoms with Gasteiger partial charge in [-0.05, 0) is 26.3 Å². The minimum Gasteiger partial charge on any atom is -0.314 e. The molecule has 0 aliphatic carbocycles. The Hall–Kier alpha value is -1.00. The fraction of sp³-hybridized carbons (Fsp3) is 0.692. The first-order valence-electron chi connectivity index (χ1n) is 6.42. The molecule has 1 N–H and O–H groups in total. The van der Waals surface area contributed by atoms with E-state index in [1.807, 2.05) is 12.3 Å². The quantitative estimate of drug-likeness (QED) is 0.852. The van der Waals surface area contributed by atoms with Gasteiger partial charge in [-0.3, -0.25) is 4.90 Å². The summed E-state index contributed by atoms with van der Waals surface area (Å²) in [5, 5.41) is 3.38. The monoisotopic (exact) mass is 234 g/mol. The Labute approximate surface area is 103 Å². The Bertz CT molecular complexity index is 369. The van der Waals surface area contributed by atoms with Crippen molar-refractivity contribution in [1.29, 1.82) is 0 Å². The second-order valence-electron chi connectivity index (χ2n) is 5.02. The topological polar surface area (TPSA) is 41.1 Å². The van der Waals surface area contributed by atoms with Crippen LogP contribution in [-0.2, 0) is 12.0 Å². The highest BCUT2D eigenvalue weighted by Gasteiger charge is 2.32. The van der Waals surface area contributed by atoms with Gasteiger partial charge in [-0.15, -0.1) is 0 Å². The van der Waals surface area contributed by atoms with Gasteiger partial charge in [0.15, 0.2) is 0 Å². The van der Waals surface area contributed by atoms with Crippen molar-refractivity contribution in [2.24, 2.45) is 0 Å². The molecule has 0 amide bonds. The number of hydrogen-bond acceptors (Lipinski definition) is 4. The van der Waals surface area contributed by atoms with Crippen LogP contribution in [0.2, 0.25) is 0 Å². The number of aryl methyl sites for hydroxylation is 1. The smallest absolute Gasteiger partial charge is 0.148 e. The number of nitrogens with one attached hydrogen (secondary N) is 1. The lowest BCUT2D eigenvalue weighted by molar-refractivity contribution is 0.0946. The van der Waals surface area contributed by atoms with E-state index in [4.69, 9.17) is 0 Å². The molecule has 0 spiro atoms. The third-order valence-corrected chi connectivity index (χ3v) is 3.53. The second-order valence-corrected chi connectivity index (χ2v) is 5.02. The number of hydrogen-bond donors (Lipinski definition) is 1. The Balaban J connectivity index is 2.22. The van der Waals surface area contributed by atoms with Crippen LogP contribution in [0.25, 0.3) is 0 Å². The molecule has 1 aliphatic heterocycles. The van der Waals surface area contributed by atoms with Crippen molar-refractivity contribution in [3.8, 4) is 0 Å². The summed E-state index contributed by atoms with van der Waals surface area (Å²) < 4.78 is 0. The second kappa shape index (κ2) is 5.10. The SMILES string of the molecule is CCc1ccnc(C(C)(C)N2CCNCC2)n1. The van der Waals surface area contributed by atoms with Gasteiger partial charge in [0.1, 0.15) is 5.82 Å². The lowest BCUT2D eigenvalue weighted by Gasteiger charge is -2.40. The van der Waals surface area contributed by atoms with Crippen molar-refractivity contribution in [2.75, 3.05) is 26.2 Å². The van der Waals surface area contributed by atoms with Crippen LogP contribution in [0.15, 0.2) is 12.3 Å². The highest BCUT2D eigenvalue weighted by molar-refractivity contribution is 5.09. The summed E-state index contributed by atoms with van der Waals surface area (Å²) in [7, 11) is 0. The normalized spacial score (nSPS) is 18.3. The van der Waals surface area contributed by atoms with Crippen LogP contribution in [0.3, 0.4) is 0 Å². The fourth-order valence-electron chi connectivity index (χ4n) is 2.25. The Morgan fingerprint density at radius 2 is 2.06 bits per heavy atom. The number of nitrogens with zero attached hydrogens (tertiary/aromatic N) is 3. The lowest BCUT2D eigenvalue weighted by atomic mass is 10.0. The Kier molecular flexibility index (Phi) is 3.74. The predicted octanol–water partition coefficient (Wildman–Crippen LogP) is 1.18. The molecule has 0 radical (unpaired) electrons. The summed E-state index contributed by atoms with van der Waals surface area (Å²) in [6.45, 7) is 10.8. The predicted molar refractivity (Wildman–Crippen MR) is 68.9 cm³/mol. The first-order chi connectivity index (χ1) is 8.14. The standard InChI is InChI=1S/C13H22N4/c1-4-11-5-6-15-12(16-11)13(2,3)17-9-7-14-8-10-17/h5-6,14H,4,7-10H2,1-3H3. The Morgan fingerprint density at radius 3 is 2.71 bits per heavy atom. The highest BCUT2D eigenvalue weighted by Crippen LogP contribution is 2.24. The zero-order valence-corrected chi connectivity index (χ0v) is 11.0. The molecular formula is C13H22N4. The highest BCUT2D eigenvalue weighted by atomic mass is 15.3. The van der Waals surface area contributed by atoms with Crippen molar-refractivity contribution in [2.45, 2.75) is 32.7 Å². The number of aromatic nitrogens is 2. The number of rotatable bonds is 3. The number of piperazine rings is 1. The van der Waals surface area contributed by atoms with Crippen molar-refractivity contribution in [1.82, 2.24) is 20.2 Å². The van der Waals surface area contributed by atoms with E-state index in [-0.39, 0.29) is 5.54 Å². The van der Waals surface area contributed by atoms with E-state index in [1.54, 1.807) is 0 Å². The molecular weight excluding hydrogens is 212 g/mol. The third kappa shape index (κ3) is 2.64. The summed E-state index contributed by atoms with van der Waals surface area (Å²) in [6.07, 6.45) is 2.85. The Morgan fingerprint density at radius 1 is 1.35 bits per heavy atom. The lowest BCUT2D eigenvalue weighted by Crippen LogP contribution is -2.52. The molecule has 1 saturated heterocycles. The van der Waals surface area contributed by atoms with Gasteiger partial charge in [0.2, 0.25) is 0 Å². The fourth-order valence-corrected chi connectivity index (χ4v) is 2.25. The molecule has 1 aliphatic rings. The molecule has 1 aromatic rings. The van der Waals surface area contributed by atoms with Gasteiger partial charge in [-0.25, -0.2) is 9.97 Å². The maximum absolute atomic E-state index is 4.66. The van der Waals surface area contributed by atoms with E-state index in [0.29, 0.717) is 0 Å². The van der Waals surface area contributed by atoms with Crippen LogP contribution in [0.5, 0.6) is 0 Å². The molecule has 0 atom stereocenters. The first kappa shape index (κ1) is 12.5. The molecule has 0 unspecified atom stereocenters. The maximum Gasteiger partial charge on any atom is 0.148 e. The molecule has 1 aromatic heterocycles. The molecule has 0 aromatic carbocycles. The van der Waals surface area contributed by atoms with E-state index in [1.165, 1.54) is 0 Å². The molecule has 2 rings (SSSR count). The van der Waals surface area contributed by atoms with Gasteiger partial charge in [-0.2, -0.15) is 0 Å². The van der Waals surface area contributed by atoms with Crippen molar-refractivity contribution >= 4 is 0 Å². The third-order valence-electron chi connectivity index (χ3n) is 3.53. The molecule has 0 bridgehead atoms. The maximum atomic E-state index is 4.66. The van der Waals surface area contributed by atoms with Crippen molar-refractivity contribution < 1.29 is 0 Å². The first-order valence-corrected chi connectivity index (χ1v) is 6.42. The van der Waals surface area contributed by atoms with E-state index in [0.717, 1.165) is 44.1 Å². The van der Waals surface area contributed by atoms with Crippen molar-refractivity contribution in [3.05, 3.63) is 23.8 Å². The minimum absolute atomic E-state index is 0.0761. The molecule has 1 fully saturated rings. The van der Waals surface area contributed by atoms with Crippen LogP contribution in [0.1, 0.15) is 32.3 Å². The molecule has 17 heavy (non-hydrogen) atoms. The van der Waals surface area contributed by atoms with Gasteiger partial charge < -0.3 is 5.32 Å². The molecule has 2 heterocycles. The zero-order valence-electron chi connectivity index (χ0n) is 11.0. The van der Waals surface area contributed by atoms with E-state index in [9.17, 15) is 0 Å². The zero-order chi connectivity index (χ0) is 12.3. The van der Waals surface area contributed by atoms with Gasteiger partial charge >= 0.3 is 0 Å². The van der Waals surface area contributed by atoms with Crippen LogP contribution in [-0.4, -0.2) is 41.0 Å². The molecule has 4 heteroatoms. The van der Waals surface area contributed by atoms with Crippen LogP contribution in [0.4, 0.5) is 0 Å². The minimum atomic E-state index is -0.0761. The summed E-state index contributed by atoms with van der Waals surface area (Å²) >= 11 is 0. The van der Waals surface area contributed by atoms with Gasteiger partial charge in [-0.1, -0.05) is 6.92 Å². The van der Waals surface area contributed by atoms with E-state index in [2.05, 4.69) is 41.0 Å². The van der Waals surface area contributed by atoms with Gasteiger partial charge in [0, 0.05) is 38.1 Å². The molecule has 94 valence electrons. The molecule has 0 saturated carbocycles. The van der Waals surface area contributed by atoms with Crippen LogP contribution < -0.4 is 5.32 Å². The summed E-state index contributed by atoms with van der Waals surface area (Å²) in [5.74, 6) is 0.943. The van der Waals surface area contributed by atoms with Gasteiger partial charge in [0.05, 0.1) is 5.54 Å². The average Bonchev–Trinajstić information content (AvgIpc) is 2.40. The largest absolute Gasteiger partial charge is 0.314 e. The van der Waals surface area contributed by atoms with Gasteiger partial charge in [0.25, 0.3) is 0 Å². The van der Waals surface area contributed by atoms with Crippen molar-refractivity contribution in [3.63, 3.8) is 0 Å².